The van der Waals surface area contributed by atoms with Crippen LogP contribution in [0.2, 0.25) is 0 Å². The lowest BCUT2D eigenvalue weighted by molar-refractivity contribution is -0.183. The molecule has 0 radical (unpaired) electrons. The molecule has 2 amide bonds. The van der Waals surface area contributed by atoms with Crippen LogP contribution in [-0.4, -0.2) is 76.3 Å². The molecule has 1 aromatic carbocycles. The lowest BCUT2D eigenvalue weighted by Crippen LogP contribution is -2.55. The average molecular weight is 480 g/mol. The predicted molar refractivity (Wildman–Crippen MR) is 110 cm³/mol. The Morgan fingerprint density at radius 2 is 1.72 bits per heavy atom. The van der Waals surface area contributed by atoms with Gasteiger partial charge in [-0.05, 0) is 31.4 Å². The van der Waals surface area contributed by atoms with Crippen LogP contribution in [0.15, 0.2) is 23.1 Å². The van der Waals surface area contributed by atoms with Crippen LogP contribution in [0.3, 0.4) is 0 Å². The third-order valence-electron chi connectivity index (χ3n) is 5.98. The molecule has 1 aromatic rings. The molecule has 32 heavy (non-hydrogen) atoms. The molecule has 0 aromatic heterocycles. The van der Waals surface area contributed by atoms with Crippen LogP contribution >= 0.6 is 0 Å². The van der Waals surface area contributed by atoms with Gasteiger partial charge in [0, 0.05) is 38.3 Å². The molecule has 1 aliphatic heterocycles. The number of carbonyl (C=O) groups excluding carboxylic acids is 1. The summed E-state index contributed by atoms with van der Waals surface area (Å²) < 4.78 is 76.5. The normalized spacial score (nSPS) is 23.0. The highest BCUT2D eigenvalue weighted by Crippen LogP contribution is 2.37. The summed E-state index contributed by atoms with van der Waals surface area (Å²) in [5.41, 5.74) is 0. The zero-order valence-corrected chi connectivity index (χ0v) is 18.8. The number of halogens is 3. The topological polar surface area (TPSA) is 88.2 Å². The number of methoxy groups -OCH3 is 2. The fourth-order valence-corrected chi connectivity index (χ4v) is 5.58. The number of hydrogen-bond acceptors (Lipinski definition) is 5. The van der Waals surface area contributed by atoms with Gasteiger partial charge in [-0.1, -0.05) is 6.42 Å². The van der Waals surface area contributed by atoms with E-state index >= 15 is 0 Å². The third kappa shape index (κ3) is 5.40. The molecule has 1 aliphatic carbocycles. The molecule has 12 heteroatoms. The Kier molecular flexibility index (Phi) is 7.43. The smallest absolute Gasteiger partial charge is 0.391 e. The van der Waals surface area contributed by atoms with Crippen molar-refractivity contribution >= 4 is 16.1 Å². The first-order valence-corrected chi connectivity index (χ1v) is 11.8. The number of benzene rings is 1. The molecule has 2 atom stereocenters. The highest BCUT2D eigenvalue weighted by molar-refractivity contribution is 7.89. The number of ether oxygens (including phenoxy) is 2. The van der Waals surface area contributed by atoms with Gasteiger partial charge in [0.05, 0.1) is 25.0 Å². The summed E-state index contributed by atoms with van der Waals surface area (Å²) in [6, 6.07) is 3.33. The van der Waals surface area contributed by atoms with Crippen molar-refractivity contribution in [1.82, 2.24) is 14.5 Å². The van der Waals surface area contributed by atoms with E-state index in [-0.39, 0.29) is 49.7 Å². The predicted octanol–water partition coefficient (Wildman–Crippen LogP) is 2.84. The molecule has 0 spiro atoms. The van der Waals surface area contributed by atoms with E-state index in [1.54, 1.807) is 0 Å². The molecule has 180 valence electrons. The number of nitrogens with zero attached hydrogens (tertiary/aromatic N) is 2. The maximum Gasteiger partial charge on any atom is 0.391 e. The number of nitrogens with one attached hydrogen (secondary N) is 1. The van der Waals surface area contributed by atoms with Crippen molar-refractivity contribution in [2.24, 2.45) is 5.92 Å². The highest BCUT2D eigenvalue weighted by atomic mass is 32.2. The Hall–Kier alpha value is -2.21. The maximum absolute atomic E-state index is 13.0. The largest absolute Gasteiger partial charge is 0.493 e. The summed E-state index contributed by atoms with van der Waals surface area (Å²) in [6.07, 6.45) is -3.38. The minimum absolute atomic E-state index is 0.0495. The van der Waals surface area contributed by atoms with E-state index in [1.165, 1.54) is 41.6 Å². The molecule has 0 bridgehead atoms. The fourth-order valence-electron chi connectivity index (χ4n) is 4.14. The van der Waals surface area contributed by atoms with Crippen LogP contribution in [0.4, 0.5) is 18.0 Å². The van der Waals surface area contributed by atoms with Gasteiger partial charge in [-0.25, -0.2) is 13.2 Å². The molecule has 1 N–H and O–H groups in total. The van der Waals surface area contributed by atoms with Gasteiger partial charge in [0.1, 0.15) is 0 Å². The monoisotopic (exact) mass is 479 g/mol. The highest BCUT2D eigenvalue weighted by Gasteiger charge is 2.42. The Balaban J connectivity index is 1.58. The number of hydrogen-bond donors (Lipinski definition) is 1. The summed E-state index contributed by atoms with van der Waals surface area (Å²) in [5, 5.41) is 2.69. The summed E-state index contributed by atoms with van der Waals surface area (Å²) in [5.74, 6) is -0.704. The van der Waals surface area contributed by atoms with E-state index in [1.807, 2.05) is 0 Å². The minimum Gasteiger partial charge on any atom is -0.493 e. The second-order valence-corrected chi connectivity index (χ2v) is 9.90. The summed E-state index contributed by atoms with van der Waals surface area (Å²) in [4.78, 5) is 14.0. The van der Waals surface area contributed by atoms with Crippen molar-refractivity contribution in [3.63, 3.8) is 0 Å². The van der Waals surface area contributed by atoms with Crippen molar-refractivity contribution in [2.75, 3.05) is 40.4 Å². The van der Waals surface area contributed by atoms with Crippen LogP contribution in [0, 0.1) is 5.92 Å². The molecule has 2 aliphatic rings. The molecular formula is C20H28F3N3O5S. The van der Waals surface area contributed by atoms with Crippen molar-refractivity contribution in [3.8, 4) is 11.5 Å². The Labute approximate surface area is 185 Å². The second-order valence-electron chi connectivity index (χ2n) is 7.96. The van der Waals surface area contributed by atoms with Crippen LogP contribution < -0.4 is 14.8 Å². The Morgan fingerprint density at radius 3 is 2.31 bits per heavy atom. The number of rotatable bonds is 5. The van der Waals surface area contributed by atoms with Crippen molar-refractivity contribution in [2.45, 2.75) is 42.8 Å². The van der Waals surface area contributed by atoms with Crippen LogP contribution in [0.25, 0.3) is 0 Å². The van der Waals surface area contributed by atoms with Crippen molar-refractivity contribution in [3.05, 3.63) is 18.2 Å². The molecular weight excluding hydrogens is 451 g/mol. The number of sulfonamides is 1. The fraction of sp³-hybridized carbons (Fsp3) is 0.650. The van der Waals surface area contributed by atoms with Gasteiger partial charge < -0.3 is 19.7 Å². The van der Waals surface area contributed by atoms with E-state index < -0.39 is 34.2 Å². The zero-order chi connectivity index (χ0) is 23.5. The van der Waals surface area contributed by atoms with Gasteiger partial charge in [-0.3, -0.25) is 0 Å². The van der Waals surface area contributed by atoms with Crippen LogP contribution in [0.5, 0.6) is 11.5 Å². The van der Waals surface area contributed by atoms with E-state index in [9.17, 15) is 26.4 Å². The van der Waals surface area contributed by atoms with E-state index in [0.29, 0.717) is 18.6 Å². The zero-order valence-electron chi connectivity index (χ0n) is 18.0. The van der Waals surface area contributed by atoms with Crippen molar-refractivity contribution in [1.29, 1.82) is 0 Å². The first-order chi connectivity index (χ1) is 15.1. The summed E-state index contributed by atoms with van der Waals surface area (Å²) >= 11 is 0. The van der Waals surface area contributed by atoms with Crippen LogP contribution in [-0.2, 0) is 10.0 Å². The summed E-state index contributed by atoms with van der Waals surface area (Å²) in [6.45, 7) is 0.460. The van der Waals surface area contributed by atoms with E-state index in [0.717, 1.165) is 0 Å². The van der Waals surface area contributed by atoms with E-state index in [4.69, 9.17) is 9.47 Å². The van der Waals surface area contributed by atoms with Gasteiger partial charge in [-0.2, -0.15) is 17.5 Å². The van der Waals surface area contributed by atoms with Gasteiger partial charge in [0.25, 0.3) is 0 Å². The Morgan fingerprint density at radius 1 is 1.06 bits per heavy atom. The minimum atomic E-state index is -4.26. The number of carbonyl (C=O) groups is 1. The van der Waals surface area contributed by atoms with Crippen molar-refractivity contribution < 1.29 is 35.9 Å². The molecule has 2 unspecified atom stereocenters. The number of piperazine rings is 1. The van der Waals surface area contributed by atoms with Crippen LogP contribution in [0.1, 0.15) is 25.7 Å². The van der Waals surface area contributed by atoms with Gasteiger partial charge in [-0.15, -0.1) is 0 Å². The number of urea groups is 1. The SMILES string of the molecule is COc1ccc(S(=O)(=O)N2CCN(C(=O)NC3CCCC(C(F)(F)F)C3)CC2)cc1OC. The molecule has 1 saturated heterocycles. The standard InChI is InChI=1S/C20H28F3N3O5S/c1-30-17-7-6-16(13-18(17)31-2)32(28,29)26-10-8-25(9-11-26)19(27)24-15-5-3-4-14(12-15)20(21,22)23/h6-7,13-15H,3-5,8-12H2,1-2H3,(H,24,27). The maximum atomic E-state index is 13.0. The lowest BCUT2D eigenvalue weighted by atomic mass is 9.85. The average Bonchev–Trinajstić information content (AvgIpc) is 2.78. The van der Waals surface area contributed by atoms with Gasteiger partial charge in [0.2, 0.25) is 10.0 Å². The van der Waals surface area contributed by atoms with Gasteiger partial charge >= 0.3 is 12.2 Å². The number of amides is 2. The molecule has 2 fully saturated rings. The third-order valence-corrected chi connectivity index (χ3v) is 7.88. The first-order valence-electron chi connectivity index (χ1n) is 10.4. The second kappa shape index (κ2) is 9.74. The van der Waals surface area contributed by atoms with E-state index in [2.05, 4.69) is 5.32 Å². The summed E-state index contributed by atoms with van der Waals surface area (Å²) in [7, 11) is -0.942. The Bertz CT molecular complexity index is 918. The lowest BCUT2D eigenvalue weighted by Gasteiger charge is -2.36. The molecule has 1 saturated carbocycles. The molecule has 1 heterocycles. The first kappa shape index (κ1) is 24.4. The molecule has 8 nitrogen and oxygen atoms in total. The molecule has 3 rings (SSSR count). The number of alkyl halides is 3. The quantitative estimate of drug-likeness (QED) is 0.702. The van der Waals surface area contributed by atoms with Gasteiger partial charge in [0.15, 0.2) is 11.5 Å².